The molecule has 25 heavy (non-hydrogen) atoms. The summed E-state index contributed by atoms with van der Waals surface area (Å²) < 4.78 is 5.77. The lowest BCUT2D eigenvalue weighted by Crippen LogP contribution is -2.14. The van der Waals surface area contributed by atoms with Gasteiger partial charge in [-0.2, -0.15) is 0 Å². The molecule has 2 heterocycles. The topological polar surface area (TPSA) is 68.0 Å². The molecular weight excluding hydrogens is 334 g/mol. The Bertz CT molecular complexity index is 869. The normalized spacial score (nSPS) is 11.6. The van der Waals surface area contributed by atoms with E-state index < -0.39 is 0 Å². The number of nitrogens with one attached hydrogen (secondary N) is 1. The van der Waals surface area contributed by atoms with Crippen molar-refractivity contribution in [2.75, 3.05) is 11.1 Å². The lowest BCUT2D eigenvalue weighted by atomic mass is 9.97. The highest BCUT2D eigenvalue weighted by Gasteiger charge is 2.21. The van der Waals surface area contributed by atoms with Crippen LogP contribution in [0.1, 0.15) is 32.2 Å². The van der Waals surface area contributed by atoms with Gasteiger partial charge in [0.25, 0.3) is 0 Å². The molecule has 5 nitrogen and oxygen atoms in total. The molecule has 1 N–H and O–H groups in total. The third kappa shape index (κ3) is 4.60. The smallest absolute Gasteiger partial charge is 0.234 e. The van der Waals surface area contributed by atoms with E-state index in [0.717, 1.165) is 28.1 Å². The minimum absolute atomic E-state index is 0.0345. The number of pyridine rings is 1. The average molecular weight is 355 g/mol. The van der Waals surface area contributed by atoms with E-state index in [-0.39, 0.29) is 11.3 Å². The summed E-state index contributed by atoms with van der Waals surface area (Å²) in [6, 6.07) is 9.43. The number of nitrogens with zero attached hydrogens (tertiary/aromatic N) is 2. The van der Waals surface area contributed by atoms with Crippen molar-refractivity contribution in [3.63, 3.8) is 0 Å². The molecule has 0 fully saturated rings. The minimum atomic E-state index is -0.147. The van der Waals surface area contributed by atoms with Crippen molar-refractivity contribution in [1.82, 2.24) is 9.97 Å². The lowest BCUT2D eigenvalue weighted by molar-refractivity contribution is -0.113. The molecule has 3 rings (SSSR count). The van der Waals surface area contributed by atoms with Gasteiger partial charge >= 0.3 is 0 Å². The number of thioether (sulfide) groups is 1. The Hall–Kier alpha value is -2.34. The zero-order valence-electron chi connectivity index (χ0n) is 14.6. The van der Waals surface area contributed by atoms with Crippen LogP contribution in [0, 0.1) is 0 Å². The first-order valence-corrected chi connectivity index (χ1v) is 9.25. The van der Waals surface area contributed by atoms with Gasteiger partial charge < -0.3 is 9.73 Å². The molecule has 130 valence electrons. The second kappa shape index (κ2) is 7.27. The van der Waals surface area contributed by atoms with Crippen LogP contribution < -0.4 is 5.32 Å². The van der Waals surface area contributed by atoms with Crippen LogP contribution in [0.5, 0.6) is 0 Å². The highest BCUT2D eigenvalue weighted by molar-refractivity contribution is 7.99. The van der Waals surface area contributed by atoms with E-state index >= 15 is 0 Å². The predicted molar refractivity (Wildman–Crippen MR) is 102 cm³/mol. The fraction of sp³-hybridized carbons (Fsp3) is 0.316. The maximum atomic E-state index is 12.1. The summed E-state index contributed by atoms with van der Waals surface area (Å²) in [6.07, 6.45) is 3.56. The van der Waals surface area contributed by atoms with Gasteiger partial charge in [-0.15, -0.1) is 11.8 Å². The molecule has 0 saturated heterocycles. The van der Waals surface area contributed by atoms with Crippen molar-refractivity contribution in [2.45, 2.75) is 31.9 Å². The fourth-order valence-corrected chi connectivity index (χ4v) is 3.03. The molecule has 0 radical (unpaired) electrons. The van der Waals surface area contributed by atoms with Crippen LogP contribution in [-0.4, -0.2) is 21.6 Å². The zero-order valence-corrected chi connectivity index (χ0v) is 15.4. The van der Waals surface area contributed by atoms with Gasteiger partial charge in [-0.3, -0.25) is 9.78 Å². The van der Waals surface area contributed by atoms with E-state index in [1.54, 1.807) is 18.0 Å². The van der Waals surface area contributed by atoms with Crippen LogP contribution in [0.25, 0.3) is 11.1 Å². The van der Waals surface area contributed by atoms with Gasteiger partial charge in [0, 0.05) is 29.2 Å². The number of carbonyl (C=O) groups is 1. The molecule has 6 heteroatoms. The number of aromatic nitrogens is 2. The van der Waals surface area contributed by atoms with E-state index in [2.05, 4.69) is 36.1 Å². The number of fused-ring (bicyclic) bond motifs is 1. The molecule has 1 amide bonds. The van der Waals surface area contributed by atoms with Gasteiger partial charge in [0.2, 0.25) is 11.8 Å². The van der Waals surface area contributed by atoms with Crippen LogP contribution in [-0.2, 0) is 16.0 Å². The molecule has 2 aromatic heterocycles. The number of anilines is 1. The summed E-state index contributed by atoms with van der Waals surface area (Å²) in [6.45, 7) is 6.17. The molecule has 0 bridgehead atoms. The predicted octanol–water partition coefficient (Wildman–Crippen LogP) is 4.39. The van der Waals surface area contributed by atoms with Crippen LogP contribution in [0.3, 0.4) is 0 Å². The third-order valence-corrected chi connectivity index (χ3v) is 4.54. The maximum Gasteiger partial charge on any atom is 0.234 e. The zero-order chi connectivity index (χ0) is 17.9. The SMILES string of the molecule is CC(C)(C)c1nc2cc(NC(=O)CSCc3cccnc3)ccc2o1. The summed E-state index contributed by atoms with van der Waals surface area (Å²) in [4.78, 5) is 20.7. The van der Waals surface area contributed by atoms with Crippen molar-refractivity contribution >= 4 is 34.5 Å². The van der Waals surface area contributed by atoms with Gasteiger partial charge in [-0.25, -0.2) is 4.98 Å². The first kappa shape index (κ1) is 17.5. The van der Waals surface area contributed by atoms with E-state index in [0.29, 0.717) is 11.6 Å². The summed E-state index contributed by atoms with van der Waals surface area (Å²) >= 11 is 1.56. The molecule has 0 atom stereocenters. The second-order valence-electron chi connectivity index (χ2n) is 6.85. The van der Waals surface area contributed by atoms with Crippen LogP contribution in [0.15, 0.2) is 47.1 Å². The Morgan fingerprint density at radius 3 is 2.84 bits per heavy atom. The molecule has 0 spiro atoms. The Morgan fingerprint density at radius 2 is 2.12 bits per heavy atom. The first-order chi connectivity index (χ1) is 11.9. The maximum absolute atomic E-state index is 12.1. The number of carbonyl (C=O) groups excluding carboxylic acids is 1. The van der Waals surface area contributed by atoms with Crippen LogP contribution in [0.4, 0.5) is 5.69 Å². The number of hydrogen-bond donors (Lipinski definition) is 1. The average Bonchev–Trinajstić information content (AvgIpc) is 2.99. The van der Waals surface area contributed by atoms with Crippen molar-refractivity contribution < 1.29 is 9.21 Å². The Labute approximate surface area is 151 Å². The quantitative estimate of drug-likeness (QED) is 0.735. The number of rotatable bonds is 5. The van der Waals surface area contributed by atoms with Gasteiger partial charge in [-0.1, -0.05) is 26.8 Å². The monoisotopic (exact) mass is 355 g/mol. The largest absolute Gasteiger partial charge is 0.440 e. The van der Waals surface area contributed by atoms with Crippen LogP contribution in [0.2, 0.25) is 0 Å². The molecule has 0 aliphatic carbocycles. The summed E-state index contributed by atoms with van der Waals surface area (Å²) in [7, 11) is 0. The minimum Gasteiger partial charge on any atom is -0.440 e. The van der Waals surface area contributed by atoms with Gasteiger partial charge in [0.05, 0.1) is 5.75 Å². The van der Waals surface area contributed by atoms with E-state index in [4.69, 9.17) is 4.42 Å². The number of oxazole rings is 1. The lowest BCUT2D eigenvalue weighted by Gasteiger charge is -2.11. The van der Waals surface area contributed by atoms with Crippen LogP contribution >= 0.6 is 11.8 Å². The Kier molecular flexibility index (Phi) is 5.08. The molecule has 0 aliphatic heterocycles. The highest BCUT2D eigenvalue weighted by Crippen LogP contribution is 2.27. The van der Waals surface area contributed by atoms with Gasteiger partial charge in [0.1, 0.15) is 5.52 Å². The summed E-state index contributed by atoms with van der Waals surface area (Å²) in [5.74, 6) is 1.81. The van der Waals surface area contributed by atoms with Gasteiger partial charge in [-0.05, 0) is 29.8 Å². The molecule has 0 unspecified atom stereocenters. The fourth-order valence-electron chi connectivity index (χ4n) is 2.27. The number of hydrogen-bond acceptors (Lipinski definition) is 5. The van der Waals surface area contributed by atoms with E-state index in [1.165, 1.54) is 0 Å². The number of amides is 1. The highest BCUT2D eigenvalue weighted by atomic mass is 32.2. The standard InChI is InChI=1S/C19H21N3O2S/c1-19(2,3)18-22-15-9-14(6-7-16(15)24-18)21-17(23)12-25-11-13-5-4-8-20-10-13/h4-10H,11-12H2,1-3H3,(H,21,23). The van der Waals surface area contributed by atoms with Crippen molar-refractivity contribution in [2.24, 2.45) is 0 Å². The number of benzene rings is 1. The molecule has 0 saturated carbocycles. The summed E-state index contributed by atoms with van der Waals surface area (Å²) in [5, 5.41) is 2.91. The van der Waals surface area contributed by atoms with Crippen molar-refractivity contribution in [1.29, 1.82) is 0 Å². The van der Waals surface area contributed by atoms with E-state index in [9.17, 15) is 4.79 Å². The molecular formula is C19H21N3O2S. The third-order valence-electron chi connectivity index (χ3n) is 3.54. The first-order valence-electron chi connectivity index (χ1n) is 8.09. The van der Waals surface area contributed by atoms with Crippen molar-refractivity contribution in [3.05, 3.63) is 54.2 Å². The Balaban J connectivity index is 1.59. The van der Waals surface area contributed by atoms with E-state index in [1.807, 2.05) is 36.5 Å². The molecule has 0 aliphatic rings. The molecule has 3 aromatic rings. The van der Waals surface area contributed by atoms with Crippen molar-refractivity contribution in [3.8, 4) is 0 Å². The second-order valence-corrected chi connectivity index (χ2v) is 7.84. The summed E-state index contributed by atoms with van der Waals surface area (Å²) in [5.41, 5.74) is 3.18. The Morgan fingerprint density at radius 1 is 1.28 bits per heavy atom. The molecule has 1 aromatic carbocycles. The van der Waals surface area contributed by atoms with Gasteiger partial charge in [0.15, 0.2) is 5.58 Å².